The summed E-state index contributed by atoms with van der Waals surface area (Å²) < 4.78 is 1.12. The Kier molecular flexibility index (Phi) is 4.66. The zero-order valence-corrected chi connectivity index (χ0v) is 11.3. The van der Waals surface area contributed by atoms with Crippen molar-refractivity contribution < 1.29 is 9.90 Å². The quantitative estimate of drug-likeness (QED) is 0.728. The first kappa shape index (κ1) is 15.2. The number of hydrogen-bond acceptors (Lipinski definition) is 4. The van der Waals surface area contributed by atoms with Gasteiger partial charge >= 0.3 is 5.69 Å². The van der Waals surface area contributed by atoms with E-state index in [4.69, 9.17) is 0 Å². The second-order valence-electron chi connectivity index (χ2n) is 4.96. The van der Waals surface area contributed by atoms with Crippen molar-refractivity contribution in [2.45, 2.75) is 32.9 Å². The van der Waals surface area contributed by atoms with E-state index in [0.29, 0.717) is 6.54 Å². The molecule has 0 saturated carbocycles. The Morgan fingerprint density at radius 2 is 2.11 bits per heavy atom. The van der Waals surface area contributed by atoms with E-state index in [1.165, 1.54) is 17.2 Å². The van der Waals surface area contributed by atoms with E-state index in [1.54, 1.807) is 20.8 Å². The van der Waals surface area contributed by atoms with Crippen molar-refractivity contribution in [1.82, 2.24) is 14.5 Å². The molecule has 106 valence electrons. The van der Waals surface area contributed by atoms with Crippen LogP contribution in [0.4, 0.5) is 0 Å². The van der Waals surface area contributed by atoms with Crippen LogP contribution in [0, 0.1) is 0 Å². The van der Waals surface area contributed by atoms with Crippen LogP contribution in [0.2, 0.25) is 0 Å². The normalized spacial score (nSPS) is 11.4. The van der Waals surface area contributed by atoms with Crippen molar-refractivity contribution >= 4 is 5.91 Å². The minimum absolute atomic E-state index is 0.167. The van der Waals surface area contributed by atoms with E-state index < -0.39 is 16.9 Å². The van der Waals surface area contributed by atoms with Crippen LogP contribution in [0.5, 0.6) is 0 Å². The smallest absolute Gasteiger partial charge is 0.328 e. The van der Waals surface area contributed by atoms with Crippen molar-refractivity contribution in [1.29, 1.82) is 0 Å². The number of H-pyrrole nitrogens is 1. The number of aromatic amines is 1. The zero-order chi connectivity index (χ0) is 14.6. The first-order valence-corrected chi connectivity index (χ1v) is 6.03. The van der Waals surface area contributed by atoms with E-state index in [0.717, 1.165) is 4.57 Å². The summed E-state index contributed by atoms with van der Waals surface area (Å²) in [6, 6.07) is 1.18. The van der Waals surface area contributed by atoms with Gasteiger partial charge in [-0.1, -0.05) is 0 Å². The predicted octanol–water partition coefficient (Wildman–Crippen LogP) is -0.844. The van der Waals surface area contributed by atoms with Gasteiger partial charge in [0.25, 0.3) is 5.56 Å². The maximum atomic E-state index is 12.0. The standard InChI is InChI=1S/C12H19N3O4/c1-4-14(8-12(2,3)19)10(17)7-15-6-5-9(16)13-11(15)18/h5-6,19H,4,7-8H2,1-3H3,(H,13,16,18). The lowest BCUT2D eigenvalue weighted by Gasteiger charge is -2.28. The lowest BCUT2D eigenvalue weighted by atomic mass is 10.1. The molecular weight excluding hydrogens is 250 g/mol. The summed E-state index contributed by atoms with van der Waals surface area (Å²) in [5.74, 6) is -0.293. The van der Waals surface area contributed by atoms with Crippen LogP contribution in [-0.2, 0) is 11.3 Å². The van der Waals surface area contributed by atoms with Gasteiger partial charge in [0.1, 0.15) is 6.54 Å². The zero-order valence-electron chi connectivity index (χ0n) is 11.3. The van der Waals surface area contributed by atoms with Gasteiger partial charge in [-0.15, -0.1) is 0 Å². The molecule has 1 amide bonds. The summed E-state index contributed by atoms with van der Waals surface area (Å²) in [5.41, 5.74) is -2.13. The average Bonchev–Trinajstić information content (AvgIpc) is 2.28. The Balaban J connectivity index is 2.83. The van der Waals surface area contributed by atoms with Gasteiger partial charge in [-0.25, -0.2) is 4.79 Å². The molecule has 0 aliphatic rings. The van der Waals surface area contributed by atoms with E-state index in [2.05, 4.69) is 4.98 Å². The van der Waals surface area contributed by atoms with Gasteiger partial charge in [0.15, 0.2) is 0 Å². The molecule has 7 nitrogen and oxygen atoms in total. The van der Waals surface area contributed by atoms with Crippen LogP contribution in [0.1, 0.15) is 20.8 Å². The highest BCUT2D eigenvalue weighted by Crippen LogP contribution is 2.05. The molecule has 0 aromatic carbocycles. The van der Waals surface area contributed by atoms with Crippen molar-refractivity contribution in [2.24, 2.45) is 0 Å². The molecule has 0 bridgehead atoms. The molecule has 0 unspecified atom stereocenters. The Morgan fingerprint density at radius 1 is 1.47 bits per heavy atom. The highest BCUT2D eigenvalue weighted by Gasteiger charge is 2.21. The summed E-state index contributed by atoms with van der Waals surface area (Å²) in [5, 5.41) is 9.72. The Bertz CT molecular complexity index is 553. The third kappa shape index (κ3) is 4.70. The summed E-state index contributed by atoms with van der Waals surface area (Å²) in [4.78, 5) is 37.9. The van der Waals surface area contributed by atoms with Crippen LogP contribution < -0.4 is 11.2 Å². The van der Waals surface area contributed by atoms with Crippen molar-refractivity contribution in [3.63, 3.8) is 0 Å². The molecule has 0 radical (unpaired) electrons. The van der Waals surface area contributed by atoms with Crippen molar-refractivity contribution in [3.05, 3.63) is 33.1 Å². The van der Waals surface area contributed by atoms with Crippen molar-refractivity contribution in [2.75, 3.05) is 13.1 Å². The molecule has 19 heavy (non-hydrogen) atoms. The maximum absolute atomic E-state index is 12.0. The molecule has 0 saturated heterocycles. The van der Waals surface area contributed by atoms with Crippen molar-refractivity contribution in [3.8, 4) is 0 Å². The third-order valence-electron chi connectivity index (χ3n) is 2.51. The minimum Gasteiger partial charge on any atom is -0.389 e. The van der Waals surface area contributed by atoms with E-state index in [-0.39, 0.29) is 19.0 Å². The first-order chi connectivity index (χ1) is 8.73. The third-order valence-corrected chi connectivity index (χ3v) is 2.51. The molecule has 0 spiro atoms. The Morgan fingerprint density at radius 3 is 2.58 bits per heavy atom. The molecule has 7 heteroatoms. The van der Waals surface area contributed by atoms with E-state index in [1.807, 2.05) is 0 Å². The summed E-state index contributed by atoms with van der Waals surface area (Å²) in [6.07, 6.45) is 1.27. The molecule has 1 aromatic heterocycles. The summed E-state index contributed by atoms with van der Waals surface area (Å²) in [6.45, 7) is 5.45. The molecular formula is C12H19N3O4. The molecule has 1 aromatic rings. The lowest BCUT2D eigenvalue weighted by Crippen LogP contribution is -2.44. The number of rotatable bonds is 5. The summed E-state index contributed by atoms with van der Waals surface area (Å²) >= 11 is 0. The molecule has 1 heterocycles. The van der Waals surface area contributed by atoms with Crippen LogP contribution in [-0.4, -0.2) is 44.2 Å². The highest BCUT2D eigenvalue weighted by molar-refractivity contribution is 5.76. The molecule has 1 rings (SSSR count). The lowest BCUT2D eigenvalue weighted by molar-refractivity contribution is -0.134. The second kappa shape index (κ2) is 5.83. The van der Waals surface area contributed by atoms with Gasteiger partial charge < -0.3 is 10.0 Å². The molecule has 0 aliphatic heterocycles. The van der Waals surface area contributed by atoms with Gasteiger partial charge in [0.2, 0.25) is 5.91 Å². The maximum Gasteiger partial charge on any atom is 0.328 e. The number of aromatic nitrogens is 2. The van der Waals surface area contributed by atoms with E-state index in [9.17, 15) is 19.5 Å². The topological polar surface area (TPSA) is 95.4 Å². The molecule has 0 fully saturated rings. The van der Waals surface area contributed by atoms with Gasteiger partial charge in [-0.05, 0) is 20.8 Å². The molecule has 0 aliphatic carbocycles. The number of carbonyl (C=O) groups excluding carboxylic acids is 1. The number of nitrogens with one attached hydrogen (secondary N) is 1. The SMILES string of the molecule is CCN(CC(C)(C)O)C(=O)Cn1ccc(=O)[nH]c1=O. The number of nitrogens with zero attached hydrogens (tertiary/aromatic N) is 2. The van der Waals surface area contributed by atoms with Gasteiger partial charge in [0, 0.05) is 25.4 Å². The van der Waals surface area contributed by atoms with Crippen LogP contribution >= 0.6 is 0 Å². The summed E-state index contributed by atoms with van der Waals surface area (Å²) in [7, 11) is 0. The van der Waals surface area contributed by atoms with Crippen LogP contribution in [0.25, 0.3) is 0 Å². The number of hydrogen-bond donors (Lipinski definition) is 2. The monoisotopic (exact) mass is 269 g/mol. The molecule has 0 atom stereocenters. The number of amides is 1. The van der Waals surface area contributed by atoms with Gasteiger partial charge in [0.05, 0.1) is 5.60 Å². The fourth-order valence-electron chi connectivity index (χ4n) is 1.66. The largest absolute Gasteiger partial charge is 0.389 e. The average molecular weight is 269 g/mol. The van der Waals surface area contributed by atoms with Gasteiger partial charge in [-0.2, -0.15) is 0 Å². The number of carbonyl (C=O) groups is 1. The van der Waals surface area contributed by atoms with Gasteiger partial charge in [-0.3, -0.25) is 19.1 Å². The Hall–Kier alpha value is -1.89. The fourth-order valence-corrected chi connectivity index (χ4v) is 1.66. The minimum atomic E-state index is -0.998. The Labute approximate surface area is 110 Å². The number of likely N-dealkylation sites (N-methyl/N-ethyl adjacent to an activating group) is 1. The van der Waals surface area contributed by atoms with Crippen LogP contribution in [0.15, 0.2) is 21.9 Å². The number of aliphatic hydroxyl groups is 1. The van der Waals surface area contributed by atoms with E-state index >= 15 is 0 Å². The molecule has 2 N–H and O–H groups in total. The predicted molar refractivity (Wildman–Crippen MR) is 69.9 cm³/mol. The fraction of sp³-hybridized carbons (Fsp3) is 0.583. The highest BCUT2D eigenvalue weighted by atomic mass is 16.3. The first-order valence-electron chi connectivity index (χ1n) is 6.03. The second-order valence-corrected chi connectivity index (χ2v) is 4.96. The van der Waals surface area contributed by atoms with Crippen LogP contribution in [0.3, 0.4) is 0 Å².